The predicted molar refractivity (Wildman–Crippen MR) is 87.6 cm³/mol. The first-order valence-electron chi connectivity index (χ1n) is 6.79. The summed E-state index contributed by atoms with van der Waals surface area (Å²) in [6.07, 6.45) is 0. The second-order valence-corrected chi connectivity index (χ2v) is 5.60. The van der Waals surface area contributed by atoms with Gasteiger partial charge in [-0.2, -0.15) is 0 Å². The lowest BCUT2D eigenvalue weighted by molar-refractivity contribution is 0.251. The van der Waals surface area contributed by atoms with Crippen LogP contribution < -0.4 is 10.6 Å². The lowest BCUT2D eigenvalue weighted by Crippen LogP contribution is -2.28. The largest absolute Gasteiger partial charge is 0.331 e. The number of carbonyl (C=O) groups excluding carboxylic acids is 1. The van der Waals surface area contributed by atoms with Gasteiger partial charge >= 0.3 is 6.03 Å². The minimum Gasteiger partial charge on any atom is -0.331 e. The maximum atomic E-state index is 11.8. The summed E-state index contributed by atoms with van der Waals surface area (Å²) in [6.45, 7) is 0.350. The van der Waals surface area contributed by atoms with E-state index in [0.717, 1.165) is 21.3 Å². The first kappa shape index (κ1) is 14.2. The number of aromatic nitrogens is 2. The van der Waals surface area contributed by atoms with E-state index in [1.54, 1.807) is 0 Å². The molecule has 0 aliphatic rings. The maximum Gasteiger partial charge on any atom is 0.319 e. The first-order chi connectivity index (χ1) is 10.8. The highest BCUT2D eigenvalue weighted by Gasteiger charge is 2.07. The molecule has 2 N–H and O–H groups in total. The van der Waals surface area contributed by atoms with Crippen LogP contribution in [-0.4, -0.2) is 16.2 Å². The second kappa shape index (κ2) is 6.82. The number of rotatable bonds is 4. The van der Waals surface area contributed by atoms with Crippen molar-refractivity contribution in [3.63, 3.8) is 0 Å². The van der Waals surface area contributed by atoms with Crippen molar-refractivity contribution >= 4 is 23.1 Å². The van der Waals surface area contributed by atoms with Gasteiger partial charge in [-0.05, 0) is 12.1 Å². The van der Waals surface area contributed by atoms with E-state index >= 15 is 0 Å². The van der Waals surface area contributed by atoms with E-state index < -0.39 is 0 Å². The number of urea groups is 1. The van der Waals surface area contributed by atoms with E-state index in [2.05, 4.69) is 20.8 Å². The summed E-state index contributed by atoms with van der Waals surface area (Å²) in [5.41, 5.74) is 1.78. The van der Waals surface area contributed by atoms with Crippen LogP contribution in [-0.2, 0) is 6.54 Å². The Bertz CT molecular complexity index is 743. The SMILES string of the molecule is O=C(NCc1nnc(-c2ccccc2)s1)Nc1ccccc1. The third kappa shape index (κ3) is 3.67. The third-order valence-corrected chi connectivity index (χ3v) is 3.89. The highest BCUT2D eigenvalue weighted by atomic mass is 32.1. The zero-order chi connectivity index (χ0) is 15.2. The number of hydrogen-bond acceptors (Lipinski definition) is 4. The monoisotopic (exact) mass is 310 g/mol. The molecule has 0 spiro atoms. The van der Waals surface area contributed by atoms with Gasteiger partial charge in [0, 0.05) is 11.3 Å². The van der Waals surface area contributed by atoms with E-state index in [1.807, 2.05) is 60.7 Å². The van der Waals surface area contributed by atoms with Crippen LogP contribution in [0.15, 0.2) is 60.7 Å². The molecule has 1 aromatic heterocycles. The highest BCUT2D eigenvalue weighted by Crippen LogP contribution is 2.22. The number of anilines is 1. The van der Waals surface area contributed by atoms with Gasteiger partial charge in [0.1, 0.15) is 10.0 Å². The quantitative estimate of drug-likeness (QED) is 0.774. The van der Waals surface area contributed by atoms with Crippen molar-refractivity contribution in [1.29, 1.82) is 0 Å². The molecule has 0 bridgehead atoms. The smallest absolute Gasteiger partial charge is 0.319 e. The normalized spacial score (nSPS) is 10.2. The molecule has 0 aliphatic heterocycles. The number of amides is 2. The summed E-state index contributed by atoms with van der Waals surface area (Å²) in [6, 6.07) is 18.9. The molecule has 3 rings (SSSR count). The van der Waals surface area contributed by atoms with E-state index in [4.69, 9.17) is 0 Å². The molecule has 5 nitrogen and oxygen atoms in total. The third-order valence-electron chi connectivity index (χ3n) is 2.92. The average Bonchev–Trinajstić information content (AvgIpc) is 3.04. The van der Waals surface area contributed by atoms with Crippen LogP contribution in [0.3, 0.4) is 0 Å². The highest BCUT2D eigenvalue weighted by molar-refractivity contribution is 7.14. The molecule has 0 atom stereocenters. The van der Waals surface area contributed by atoms with Gasteiger partial charge in [-0.15, -0.1) is 10.2 Å². The van der Waals surface area contributed by atoms with Gasteiger partial charge in [0.05, 0.1) is 6.54 Å². The molecule has 110 valence electrons. The summed E-state index contributed by atoms with van der Waals surface area (Å²) >= 11 is 1.47. The predicted octanol–water partition coefficient (Wildman–Crippen LogP) is 3.53. The topological polar surface area (TPSA) is 66.9 Å². The number of nitrogens with zero attached hydrogens (tertiary/aromatic N) is 2. The molecular weight excluding hydrogens is 296 g/mol. The zero-order valence-corrected chi connectivity index (χ0v) is 12.5. The van der Waals surface area contributed by atoms with E-state index in [0.29, 0.717) is 6.54 Å². The van der Waals surface area contributed by atoms with Gasteiger partial charge in [-0.25, -0.2) is 4.79 Å². The summed E-state index contributed by atoms with van der Waals surface area (Å²) in [4.78, 5) is 11.8. The fraction of sp³-hybridized carbons (Fsp3) is 0.0625. The van der Waals surface area contributed by atoms with E-state index in [-0.39, 0.29) is 6.03 Å². The first-order valence-corrected chi connectivity index (χ1v) is 7.60. The van der Waals surface area contributed by atoms with Crippen LogP contribution in [0.4, 0.5) is 10.5 Å². The van der Waals surface area contributed by atoms with Crippen molar-refractivity contribution in [2.45, 2.75) is 6.54 Å². The number of carbonyl (C=O) groups is 1. The molecule has 0 aliphatic carbocycles. The van der Waals surface area contributed by atoms with Gasteiger partial charge in [0.15, 0.2) is 0 Å². The minimum atomic E-state index is -0.261. The number of nitrogens with one attached hydrogen (secondary N) is 2. The van der Waals surface area contributed by atoms with Crippen LogP contribution in [0.5, 0.6) is 0 Å². The lowest BCUT2D eigenvalue weighted by Gasteiger charge is -2.05. The lowest BCUT2D eigenvalue weighted by atomic mass is 10.2. The Hall–Kier alpha value is -2.73. The van der Waals surface area contributed by atoms with Gasteiger partial charge in [0.2, 0.25) is 0 Å². The summed E-state index contributed by atoms with van der Waals surface area (Å²) in [5.74, 6) is 0. The van der Waals surface area contributed by atoms with Crippen LogP contribution in [0, 0.1) is 0 Å². The fourth-order valence-electron chi connectivity index (χ4n) is 1.88. The summed E-state index contributed by atoms with van der Waals surface area (Å²) in [5, 5.41) is 15.4. The Morgan fingerprint density at radius 2 is 1.64 bits per heavy atom. The maximum absolute atomic E-state index is 11.8. The van der Waals surface area contributed by atoms with Crippen molar-refractivity contribution < 1.29 is 4.79 Å². The van der Waals surface area contributed by atoms with Crippen LogP contribution >= 0.6 is 11.3 Å². The standard InChI is InChI=1S/C16H14N4OS/c21-16(18-13-9-5-2-6-10-13)17-11-14-19-20-15(22-14)12-7-3-1-4-8-12/h1-10H,11H2,(H2,17,18,21). The average molecular weight is 310 g/mol. The molecular formula is C16H14N4OS. The van der Waals surface area contributed by atoms with Crippen molar-refractivity contribution in [3.05, 3.63) is 65.7 Å². The molecule has 0 saturated carbocycles. The molecule has 0 unspecified atom stereocenters. The van der Waals surface area contributed by atoms with E-state index in [9.17, 15) is 4.79 Å². The van der Waals surface area contributed by atoms with Crippen molar-refractivity contribution in [1.82, 2.24) is 15.5 Å². The molecule has 0 saturated heterocycles. The van der Waals surface area contributed by atoms with Gasteiger partial charge in [-0.3, -0.25) is 0 Å². The summed E-state index contributed by atoms with van der Waals surface area (Å²) < 4.78 is 0. The molecule has 22 heavy (non-hydrogen) atoms. The van der Waals surface area contributed by atoms with E-state index in [1.165, 1.54) is 11.3 Å². The van der Waals surface area contributed by atoms with Crippen LogP contribution in [0.1, 0.15) is 5.01 Å². The molecule has 0 fully saturated rings. The van der Waals surface area contributed by atoms with Crippen molar-refractivity contribution in [3.8, 4) is 10.6 Å². The van der Waals surface area contributed by atoms with Crippen LogP contribution in [0.25, 0.3) is 10.6 Å². The molecule has 0 radical (unpaired) electrons. The Balaban J connectivity index is 1.56. The van der Waals surface area contributed by atoms with Crippen LogP contribution in [0.2, 0.25) is 0 Å². The number of para-hydroxylation sites is 1. The minimum absolute atomic E-state index is 0.261. The molecule has 3 aromatic rings. The second-order valence-electron chi connectivity index (χ2n) is 4.54. The molecule has 1 heterocycles. The van der Waals surface area contributed by atoms with Gasteiger partial charge in [0.25, 0.3) is 0 Å². The van der Waals surface area contributed by atoms with Gasteiger partial charge in [-0.1, -0.05) is 59.9 Å². The fourth-order valence-corrected chi connectivity index (χ4v) is 2.66. The molecule has 2 aromatic carbocycles. The zero-order valence-electron chi connectivity index (χ0n) is 11.7. The molecule has 2 amide bonds. The Morgan fingerprint density at radius 1 is 0.955 bits per heavy atom. The Morgan fingerprint density at radius 3 is 2.36 bits per heavy atom. The van der Waals surface area contributed by atoms with Crippen molar-refractivity contribution in [2.24, 2.45) is 0 Å². The number of benzene rings is 2. The number of hydrogen-bond donors (Lipinski definition) is 2. The Kier molecular flexibility index (Phi) is 4.41. The Labute approximate surface area is 132 Å². The van der Waals surface area contributed by atoms with Crippen molar-refractivity contribution in [2.75, 3.05) is 5.32 Å². The summed E-state index contributed by atoms with van der Waals surface area (Å²) in [7, 11) is 0. The molecule has 6 heteroatoms. The van der Waals surface area contributed by atoms with Gasteiger partial charge < -0.3 is 10.6 Å².